The summed E-state index contributed by atoms with van der Waals surface area (Å²) < 4.78 is 16.6. The molecule has 1 saturated heterocycles. The van der Waals surface area contributed by atoms with Crippen molar-refractivity contribution in [1.29, 1.82) is 0 Å². The van der Waals surface area contributed by atoms with E-state index in [0.29, 0.717) is 35.0 Å². The zero-order valence-electron chi connectivity index (χ0n) is 23.3. The lowest BCUT2D eigenvalue weighted by molar-refractivity contribution is -0.140. The fourth-order valence-corrected chi connectivity index (χ4v) is 4.92. The molecule has 1 fully saturated rings. The Bertz CT molecular complexity index is 1400. The van der Waals surface area contributed by atoms with Gasteiger partial charge < -0.3 is 24.2 Å². The SMILES string of the molecule is CCOc1ccc(C2/C(=C(/O)c3ccc(OC)c(C(C)(C)C)c3)C(=O)C(=O)N2Cc2ccccc2OC)cc1. The van der Waals surface area contributed by atoms with Gasteiger partial charge in [0.05, 0.1) is 39.0 Å². The van der Waals surface area contributed by atoms with Crippen LogP contribution in [0, 0.1) is 0 Å². The minimum absolute atomic E-state index is 0.0316. The number of methoxy groups -OCH3 is 2. The molecule has 1 atom stereocenters. The second-order valence-corrected chi connectivity index (χ2v) is 10.4. The van der Waals surface area contributed by atoms with Crippen LogP contribution in [0.2, 0.25) is 0 Å². The van der Waals surface area contributed by atoms with E-state index in [9.17, 15) is 14.7 Å². The Balaban J connectivity index is 1.89. The average Bonchev–Trinajstić information content (AvgIpc) is 3.17. The van der Waals surface area contributed by atoms with Crippen LogP contribution < -0.4 is 14.2 Å². The van der Waals surface area contributed by atoms with Gasteiger partial charge in [0.25, 0.3) is 11.7 Å². The number of hydrogen-bond donors (Lipinski definition) is 1. The number of carbonyl (C=O) groups excluding carboxylic acids is 2. The molecule has 1 aliphatic rings. The normalized spacial score (nSPS) is 16.9. The molecule has 7 nitrogen and oxygen atoms in total. The molecule has 0 radical (unpaired) electrons. The van der Waals surface area contributed by atoms with Crippen LogP contribution in [0.4, 0.5) is 0 Å². The van der Waals surface area contributed by atoms with Gasteiger partial charge in [-0.3, -0.25) is 9.59 Å². The molecule has 0 spiro atoms. The molecule has 1 N–H and O–H groups in total. The van der Waals surface area contributed by atoms with Crippen molar-refractivity contribution in [2.24, 2.45) is 0 Å². The lowest BCUT2D eigenvalue weighted by atomic mass is 9.84. The third-order valence-electron chi connectivity index (χ3n) is 6.86. The van der Waals surface area contributed by atoms with Crippen LogP contribution in [0.3, 0.4) is 0 Å². The van der Waals surface area contributed by atoms with Crippen molar-refractivity contribution in [2.45, 2.75) is 45.7 Å². The maximum atomic E-state index is 13.5. The molecular weight excluding hydrogens is 494 g/mol. The summed E-state index contributed by atoms with van der Waals surface area (Å²) in [6.45, 7) is 8.66. The first-order valence-electron chi connectivity index (χ1n) is 12.9. The van der Waals surface area contributed by atoms with Gasteiger partial charge in [-0.25, -0.2) is 0 Å². The number of para-hydroxylation sites is 1. The number of aliphatic hydroxyl groups is 1. The fourth-order valence-electron chi connectivity index (χ4n) is 4.92. The molecule has 204 valence electrons. The van der Waals surface area contributed by atoms with E-state index in [4.69, 9.17) is 14.2 Å². The molecule has 3 aromatic rings. The fraction of sp³-hybridized carbons (Fsp3) is 0.312. The summed E-state index contributed by atoms with van der Waals surface area (Å²) in [6, 6.07) is 19.1. The van der Waals surface area contributed by atoms with E-state index >= 15 is 0 Å². The summed E-state index contributed by atoms with van der Waals surface area (Å²) in [5.41, 5.74) is 2.48. The third-order valence-corrected chi connectivity index (χ3v) is 6.86. The van der Waals surface area contributed by atoms with Crippen molar-refractivity contribution in [3.05, 3.63) is 94.6 Å². The topological polar surface area (TPSA) is 85.3 Å². The van der Waals surface area contributed by atoms with Crippen molar-refractivity contribution in [1.82, 2.24) is 4.90 Å². The highest BCUT2D eigenvalue weighted by Gasteiger charge is 2.46. The summed E-state index contributed by atoms with van der Waals surface area (Å²) >= 11 is 0. The van der Waals surface area contributed by atoms with E-state index < -0.39 is 17.7 Å². The molecular formula is C32H35NO6. The summed E-state index contributed by atoms with van der Waals surface area (Å²) in [5, 5.41) is 11.6. The monoisotopic (exact) mass is 529 g/mol. The Labute approximate surface area is 229 Å². The minimum atomic E-state index is -0.814. The molecule has 39 heavy (non-hydrogen) atoms. The minimum Gasteiger partial charge on any atom is -0.507 e. The van der Waals surface area contributed by atoms with Crippen LogP contribution in [0.25, 0.3) is 5.76 Å². The van der Waals surface area contributed by atoms with Crippen molar-refractivity contribution >= 4 is 17.4 Å². The number of amides is 1. The number of rotatable bonds is 8. The number of benzene rings is 3. The van der Waals surface area contributed by atoms with E-state index in [-0.39, 0.29) is 23.3 Å². The van der Waals surface area contributed by atoms with Crippen LogP contribution in [0.5, 0.6) is 17.2 Å². The second-order valence-electron chi connectivity index (χ2n) is 10.4. The van der Waals surface area contributed by atoms with Gasteiger partial charge in [0.2, 0.25) is 0 Å². The summed E-state index contributed by atoms with van der Waals surface area (Å²) in [4.78, 5) is 28.5. The molecule has 0 aliphatic carbocycles. The van der Waals surface area contributed by atoms with Crippen molar-refractivity contribution < 1.29 is 28.9 Å². The van der Waals surface area contributed by atoms with Gasteiger partial charge in [0.1, 0.15) is 23.0 Å². The number of carbonyl (C=O) groups is 2. The molecule has 4 rings (SSSR count). The second kappa shape index (κ2) is 11.2. The largest absolute Gasteiger partial charge is 0.507 e. The van der Waals surface area contributed by atoms with Crippen LogP contribution in [-0.2, 0) is 21.5 Å². The molecule has 1 aliphatic heterocycles. The van der Waals surface area contributed by atoms with E-state index in [0.717, 1.165) is 11.1 Å². The van der Waals surface area contributed by atoms with E-state index in [1.54, 1.807) is 38.5 Å². The highest BCUT2D eigenvalue weighted by molar-refractivity contribution is 6.46. The van der Waals surface area contributed by atoms with Crippen LogP contribution >= 0.6 is 0 Å². The molecule has 7 heteroatoms. The van der Waals surface area contributed by atoms with E-state index in [2.05, 4.69) is 0 Å². The number of Topliss-reactive ketones (excluding diaryl/α,β-unsaturated/α-hetero) is 1. The number of ketones is 1. The first kappa shape index (κ1) is 27.8. The van der Waals surface area contributed by atoms with Gasteiger partial charge in [-0.05, 0) is 54.3 Å². The van der Waals surface area contributed by atoms with Crippen LogP contribution in [0.15, 0.2) is 72.3 Å². The van der Waals surface area contributed by atoms with E-state index in [1.165, 1.54) is 4.90 Å². The standard InChI is InChI=1S/C32H35NO6/c1-7-39-23-15-12-20(13-16-23)28-27(29(34)21-14-17-26(38-6)24(18-21)32(2,3)4)30(35)31(36)33(28)19-22-10-8-9-11-25(22)37-5/h8-18,28,34H,7,19H2,1-6H3/b29-27-. The Hall–Kier alpha value is -4.26. The highest BCUT2D eigenvalue weighted by Crippen LogP contribution is 2.42. The third kappa shape index (κ3) is 5.48. The van der Waals surface area contributed by atoms with Gasteiger partial charge in [0, 0.05) is 16.7 Å². The smallest absolute Gasteiger partial charge is 0.295 e. The van der Waals surface area contributed by atoms with E-state index in [1.807, 2.05) is 70.2 Å². The number of nitrogens with zero attached hydrogens (tertiary/aromatic N) is 1. The molecule has 0 saturated carbocycles. The van der Waals surface area contributed by atoms with Crippen LogP contribution in [0.1, 0.15) is 56.0 Å². The molecule has 1 amide bonds. The van der Waals surface area contributed by atoms with Crippen molar-refractivity contribution in [3.8, 4) is 17.2 Å². The maximum Gasteiger partial charge on any atom is 0.295 e. The zero-order valence-corrected chi connectivity index (χ0v) is 23.3. The summed E-state index contributed by atoms with van der Waals surface area (Å²) in [6.07, 6.45) is 0. The number of aliphatic hydroxyl groups excluding tert-OH is 1. The lowest BCUT2D eigenvalue weighted by Crippen LogP contribution is -2.29. The molecule has 1 heterocycles. The summed E-state index contributed by atoms with van der Waals surface area (Å²) in [5.74, 6) is 0.296. The summed E-state index contributed by atoms with van der Waals surface area (Å²) in [7, 11) is 3.16. The van der Waals surface area contributed by atoms with Gasteiger partial charge in [-0.15, -0.1) is 0 Å². The lowest BCUT2D eigenvalue weighted by Gasteiger charge is -2.26. The van der Waals surface area contributed by atoms with Gasteiger partial charge in [-0.1, -0.05) is 51.1 Å². The number of likely N-dealkylation sites (tertiary alicyclic amines) is 1. The van der Waals surface area contributed by atoms with Gasteiger partial charge in [0.15, 0.2) is 0 Å². The van der Waals surface area contributed by atoms with Crippen molar-refractivity contribution in [2.75, 3.05) is 20.8 Å². The Morgan fingerprint density at radius 2 is 1.59 bits per heavy atom. The number of ether oxygens (including phenoxy) is 3. The maximum absolute atomic E-state index is 13.5. The van der Waals surface area contributed by atoms with Gasteiger partial charge >= 0.3 is 0 Å². The predicted octanol–water partition coefficient (Wildman–Crippen LogP) is 6.02. The quantitative estimate of drug-likeness (QED) is 0.218. The number of hydrogen-bond acceptors (Lipinski definition) is 6. The molecule has 3 aromatic carbocycles. The molecule has 0 aromatic heterocycles. The first-order chi connectivity index (χ1) is 18.6. The zero-order chi connectivity index (χ0) is 28.3. The highest BCUT2D eigenvalue weighted by atomic mass is 16.5. The molecule has 1 unspecified atom stereocenters. The predicted molar refractivity (Wildman–Crippen MR) is 150 cm³/mol. The Morgan fingerprint density at radius 3 is 2.21 bits per heavy atom. The molecule has 0 bridgehead atoms. The Morgan fingerprint density at radius 1 is 0.923 bits per heavy atom. The van der Waals surface area contributed by atoms with Crippen LogP contribution in [-0.4, -0.2) is 42.5 Å². The first-order valence-corrected chi connectivity index (χ1v) is 12.9. The van der Waals surface area contributed by atoms with Crippen molar-refractivity contribution in [3.63, 3.8) is 0 Å². The Kier molecular flexibility index (Phi) is 8.00. The average molecular weight is 530 g/mol. The van der Waals surface area contributed by atoms with Gasteiger partial charge in [-0.2, -0.15) is 0 Å².